The Morgan fingerprint density at radius 2 is 1.91 bits per heavy atom. The second-order valence-electron chi connectivity index (χ2n) is 4.38. The second kappa shape index (κ2) is 7.39. The number of aromatic nitrogens is 1. The molecule has 3 N–H and O–H groups in total. The van der Waals surface area contributed by atoms with Gasteiger partial charge < -0.3 is 5.32 Å². The molecule has 1 amide bonds. The Hall–Kier alpha value is -1.90. The summed E-state index contributed by atoms with van der Waals surface area (Å²) in [6.07, 6.45) is 2.04. The zero-order valence-electron chi connectivity index (χ0n) is 11.6. The normalized spacial score (nSPS) is 11.1. The molecule has 0 fully saturated rings. The predicted octanol–water partition coefficient (Wildman–Crippen LogP) is 1.85. The fraction of sp³-hybridized carbons (Fsp3) is 0.143. The number of hydrogen-bond donors (Lipinski definition) is 2. The van der Waals surface area contributed by atoms with Crippen LogP contribution >= 0.6 is 11.8 Å². The first-order valence-corrected chi connectivity index (χ1v) is 8.95. The highest BCUT2D eigenvalue weighted by Gasteiger charge is 2.08. The molecule has 8 heteroatoms. The number of carbonyl (C=O) groups excluding carboxylic acids is 1. The van der Waals surface area contributed by atoms with Gasteiger partial charge in [-0.05, 0) is 36.4 Å². The summed E-state index contributed by atoms with van der Waals surface area (Å²) in [5.41, 5.74) is 0.528. The van der Waals surface area contributed by atoms with Gasteiger partial charge in [0, 0.05) is 24.1 Å². The third kappa shape index (κ3) is 5.14. The van der Waals surface area contributed by atoms with Gasteiger partial charge in [-0.25, -0.2) is 18.5 Å². The number of sulfonamides is 1. The number of nitrogens with zero attached hydrogens (tertiary/aromatic N) is 1. The molecule has 0 spiro atoms. The van der Waals surface area contributed by atoms with Gasteiger partial charge in [-0.3, -0.25) is 4.79 Å². The van der Waals surface area contributed by atoms with Crippen LogP contribution < -0.4 is 10.5 Å². The number of benzene rings is 1. The smallest absolute Gasteiger partial charge is 0.238 e. The molecule has 2 rings (SSSR count). The van der Waals surface area contributed by atoms with Gasteiger partial charge >= 0.3 is 0 Å². The maximum absolute atomic E-state index is 11.8. The summed E-state index contributed by atoms with van der Waals surface area (Å²) in [6, 6.07) is 11.3. The van der Waals surface area contributed by atoms with Crippen LogP contribution in [0.15, 0.2) is 58.6 Å². The Bertz CT molecular complexity index is 732. The number of hydrogen-bond acceptors (Lipinski definition) is 5. The number of amides is 1. The number of carbonyl (C=O) groups is 1. The zero-order chi connectivity index (χ0) is 16.0. The molecule has 0 saturated carbocycles. The van der Waals surface area contributed by atoms with Crippen molar-refractivity contribution in [2.45, 2.75) is 16.3 Å². The Kier molecular flexibility index (Phi) is 5.53. The van der Waals surface area contributed by atoms with Crippen LogP contribution in [0.2, 0.25) is 0 Å². The SMILES string of the molecule is NS(=O)(=O)c1ccc(NC(=O)CCSc2ccccn2)cc1. The summed E-state index contributed by atoms with van der Waals surface area (Å²) in [7, 11) is -3.72. The fourth-order valence-corrected chi connectivity index (χ4v) is 2.95. The number of thioether (sulfide) groups is 1. The molecule has 0 aliphatic rings. The second-order valence-corrected chi connectivity index (χ2v) is 7.06. The first-order valence-electron chi connectivity index (χ1n) is 6.42. The Morgan fingerprint density at radius 1 is 1.18 bits per heavy atom. The van der Waals surface area contributed by atoms with Gasteiger partial charge in [-0.15, -0.1) is 11.8 Å². The van der Waals surface area contributed by atoms with Crippen molar-refractivity contribution in [3.05, 3.63) is 48.7 Å². The minimum Gasteiger partial charge on any atom is -0.326 e. The largest absolute Gasteiger partial charge is 0.326 e. The minimum absolute atomic E-state index is 0.0104. The molecule has 1 aromatic heterocycles. The van der Waals surface area contributed by atoms with E-state index in [1.165, 1.54) is 36.0 Å². The first-order chi connectivity index (χ1) is 10.4. The van der Waals surface area contributed by atoms with E-state index in [0.717, 1.165) is 5.03 Å². The molecule has 6 nitrogen and oxygen atoms in total. The average molecular weight is 337 g/mol. The Balaban J connectivity index is 1.82. The van der Waals surface area contributed by atoms with Crippen molar-refractivity contribution in [1.82, 2.24) is 4.98 Å². The summed E-state index contributed by atoms with van der Waals surface area (Å²) in [5.74, 6) is 0.463. The maximum Gasteiger partial charge on any atom is 0.238 e. The lowest BCUT2D eigenvalue weighted by Gasteiger charge is -2.06. The van der Waals surface area contributed by atoms with E-state index < -0.39 is 10.0 Å². The summed E-state index contributed by atoms with van der Waals surface area (Å²) >= 11 is 1.50. The van der Waals surface area contributed by atoms with Gasteiger partial charge in [0.15, 0.2) is 0 Å². The van der Waals surface area contributed by atoms with Crippen molar-refractivity contribution in [2.24, 2.45) is 5.14 Å². The van der Waals surface area contributed by atoms with E-state index in [1.807, 2.05) is 18.2 Å². The molecule has 0 bridgehead atoms. The van der Waals surface area contributed by atoms with Gasteiger partial charge in [0.05, 0.1) is 9.92 Å². The maximum atomic E-state index is 11.8. The fourth-order valence-electron chi connectivity index (χ4n) is 1.63. The number of anilines is 1. The summed E-state index contributed by atoms with van der Waals surface area (Å²) < 4.78 is 22.2. The molecule has 0 atom stereocenters. The molecule has 0 aliphatic carbocycles. The van der Waals surface area contributed by atoms with Crippen LogP contribution in [-0.2, 0) is 14.8 Å². The van der Waals surface area contributed by atoms with Crippen LogP contribution in [0.5, 0.6) is 0 Å². The van der Waals surface area contributed by atoms with E-state index in [-0.39, 0.29) is 10.8 Å². The van der Waals surface area contributed by atoms with Gasteiger partial charge in [-0.1, -0.05) is 6.07 Å². The van der Waals surface area contributed by atoms with E-state index in [9.17, 15) is 13.2 Å². The molecular weight excluding hydrogens is 322 g/mol. The zero-order valence-corrected chi connectivity index (χ0v) is 13.2. The first kappa shape index (κ1) is 16.5. The molecular formula is C14H15N3O3S2. The molecule has 22 heavy (non-hydrogen) atoms. The highest BCUT2D eigenvalue weighted by molar-refractivity contribution is 7.99. The van der Waals surface area contributed by atoms with Crippen LogP contribution in [0, 0.1) is 0 Å². The molecule has 0 saturated heterocycles. The van der Waals surface area contributed by atoms with Crippen molar-refractivity contribution in [1.29, 1.82) is 0 Å². The summed E-state index contributed by atoms with van der Waals surface area (Å²) in [4.78, 5) is 16.0. The number of nitrogens with two attached hydrogens (primary N) is 1. The molecule has 1 heterocycles. The third-order valence-corrected chi connectivity index (χ3v) is 4.56. The highest BCUT2D eigenvalue weighted by Crippen LogP contribution is 2.16. The van der Waals surface area contributed by atoms with Crippen molar-refractivity contribution in [2.75, 3.05) is 11.1 Å². The standard InChI is InChI=1S/C14H15N3O3S2/c15-22(19,20)12-6-4-11(5-7-12)17-13(18)8-10-21-14-3-1-2-9-16-14/h1-7,9H,8,10H2,(H,17,18)(H2,15,19,20). The van der Waals surface area contributed by atoms with Crippen LogP contribution in [0.3, 0.4) is 0 Å². The van der Waals surface area contributed by atoms with Gasteiger partial charge in [-0.2, -0.15) is 0 Å². The quantitative estimate of drug-likeness (QED) is 0.783. The molecule has 1 aromatic carbocycles. The molecule has 116 valence electrons. The topological polar surface area (TPSA) is 102 Å². The van der Waals surface area contributed by atoms with Crippen LogP contribution in [0.4, 0.5) is 5.69 Å². The number of rotatable bonds is 6. The van der Waals surface area contributed by atoms with Gasteiger partial charge in [0.25, 0.3) is 0 Å². The lowest BCUT2D eigenvalue weighted by atomic mass is 10.3. The third-order valence-electron chi connectivity index (χ3n) is 2.68. The summed E-state index contributed by atoms with van der Waals surface area (Å²) in [6.45, 7) is 0. The summed E-state index contributed by atoms with van der Waals surface area (Å²) in [5, 5.41) is 8.57. The van der Waals surface area contributed by atoms with Crippen molar-refractivity contribution >= 4 is 33.4 Å². The van der Waals surface area contributed by atoms with Crippen LogP contribution in [0.1, 0.15) is 6.42 Å². The number of pyridine rings is 1. The Labute approximate surface area is 133 Å². The van der Waals surface area contributed by atoms with Gasteiger partial charge in [0.2, 0.25) is 15.9 Å². The lowest BCUT2D eigenvalue weighted by Crippen LogP contribution is -2.14. The van der Waals surface area contributed by atoms with Crippen LogP contribution in [0.25, 0.3) is 0 Å². The molecule has 2 aromatic rings. The van der Waals surface area contributed by atoms with E-state index in [2.05, 4.69) is 10.3 Å². The monoisotopic (exact) mass is 337 g/mol. The van der Waals surface area contributed by atoms with E-state index in [0.29, 0.717) is 17.9 Å². The van der Waals surface area contributed by atoms with E-state index in [4.69, 9.17) is 5.14 Å². The van der Waals surface area contributed by atoms with Crippen molar-refractivity contribution in [3.8, 4) is 0 Å². The van der Waals surface area contributed by atoms with E-state index >= 15 is 0 Å². The minimum atomic E-state index is -3.72. The van der Waals surface area contributed by atoms with Crippen molar-refractivity contribution < 1.29 is 13.2 Å². The van der Waals surface area contributed by atoms with Crippen molar-refractivity contribution in [3.63, 3.8) is 0 Å². The Morgan fingerprint density at radius 3 is 2.50 bits per heavy atom. The molecule has 0 unspecified atom stereocenters. The van der Waals surface area contributed by atoms with Crippen LogP contribution in [-0.4, -0.2) is 25.1 Å². The molecule has 0 aliphatic heterocycles. The lowest BCUT2D eigenvalue weighted by molar-refractivity contribution is -0.115. The highest BCUT2D eigenvalue weighted by atomic mass is 32.2. The van der Waals surface area contributed by atoms with Gasteiger partial charge in [0.1, 0.15) is 0 Å². The number of primary sulfonamides is 1. The predicted molar refractivity (Wildman–Crippen MR) is 86.0 cm³/mol. The average Bonchev–Trinajstić information content (AvgIpc) is 2.48. The number of nitrogens with one attached hydrogen (secondary N) is 1. The molecule has 0 radical (unpaired) electrons. The van der Waals surface area contributed by atoms with E-state index in [1.54, 1.807) is 6.20 Å².